The maximum Gasteiger partial charge on any atom is 0.427 e. The Kier molecular flexibility index (Phi) is 15.8. The summed E-state index contributed by atoms with van der Waals surface area (Å²) in [6.07, 6.45) is 21.2. The molecule has 1 aliphatic heterocycles. The molecule has 0 N–H and O–H groups in total. The van der Waals surface area contributed by atoms with Crippen molar-refractivity contribution < 1.29 is 8.85 Å². The van der Waals surface area contributed by atoms with Crippen molar-refractivity contribution in [3.63, 3.8) is 0 Å². The Morgan fingerprint density at radius 1 is 0.630 bits per heavy atom. The largest absolute Gasteiger partial charge is 0.427 e. The Morgan fingerprint density at radius 2 is 1.07 bits per heavy atom. The van der Waals surface area contributed by atoms with E-state index in [4.69, 9.17) is 8.85 Å². The molecule has 0 spiro atoms. The summed E-state index contributed by atoms with van der Waals surface area (Å²) in [7, 11) is -2.03. The fraction of sp³-hybridized carbons (Fsp3) is 1.00. The van der Waals surface area contributed by atoms with Crippen LogP contribution in [0.5, 0.6) is 0 Å². The van der Waals surface area contributed by atoms with Gasteiger partial charge in [0.15, 0.2) is 0 Å². The van der Waals surface area contributed by atoms with E-state index >= 15 is 0 Å². The van der Waals surface area contributed by atoms with Crippen LogP contribution in [-0.4, -0.2) is 39.6 Å². The Hall–Kier alpha value is 0.0969. The zero-order chi connectivity index (χ0) is 19.6. The number of hydrogen-bond acceptors (Lipinski definition) is 3. The Labute approximate surface area is 171 Å². The highest BCUT2D eigenvalue weighted by Crippen LogP contribution is 2.28. The van der Waals surface area contributed by atoms with Crippen LogP contribution in [0.25, 0.3) is 0 Å². The summed E-state index contributed by atoms with van der Waals surface area (Å²) in [6, 6.07) is 1.16. The highest BCUT2D eigenvalue weighted by molar-refractivity contribution is 6.65. The molecule has 1 heterocycles. The average molecular weight is 400 g/mol. The van der Waals surface area contributed by atoms with Crippen molar-refractivity contribution in [1.29, 1.82) is 0 Å². The van der Waals surface area contributed by atoms with Gasteiger partial charge in [0.25, 0.3) is 0 Å². The van der Waals surface area contributed by atoms with E-state index in [1.165, 1.54) is 109 Å². The van der Waals surface area contributed by atoms with Crippen LogP contribution < -0.4 is 0 Å². The molecule has 1 rings (SSSR count). The fourth-order valence-electron chi connectivity index (χ4n) is 4.42. The molecule has 4 heteroatoms. The lowest BCUT2D eigenvalue weighted by Crippen LogP contribution is -2.54. The zero-order valence-electron chi connectivity index (χ0n) is 18.9. The molecule has 0 aromatic heterocycles. The molecule has 0 aromatic carbocycles. The first-order valence-corrected chi connectivity index (χ1v) is 14.3. The molecule has 3 nitrogen and oxygen atoms in total. The molecule has 0 amide bonds. The van der Waals surface area contributed by atoms with Crippen molar-refractivity contribution in [2.75, 3.05) is 26.3 Å². The summed E-state index contributed by atoms with van der Waals surface area (Å²) in [5.74, 6) is 0. The van der Waals surface area contributed by atoms with Crippen molar-refractivity contribution in [3.8, 4) is 0 Å². The van der Waals surface area contributed by atoms with Gasteiger partial charge < -0.3 is 8.85 Å². The van der Waals surface area contributed by atoms with Crippen molar-refractivity contribution in [2.24, 2.45) is 0 Å². The van der Waals surface area contributed by atoms with Crippen LogP contribution in [0.2, 0.25) is 6.04 Å². The van der Waals surface area contributed by atoms with Gasteiger partial charge in [0.2, 0.25) is 0 Å². The molecule has 162 valence electrons. The minimum atomic E-state index is -2.03. The number of unbranched alkanes of at least 4 members (excludes halogenated alkanes) is 13. The van der Waals surface area contributed by atoms with Crippen LogP contribution in [0, 0.1) is 0 Å². The third-order valence-corrected chi connectivity index (χ3v) is 9.80. The quantitative estimate of drug-likeness (QED) is 0.169. The highest BCUT2D eigenvalue weighted by atomic mass is 28.4. The van der Waals surface area contributed by atoms with E-state index in [0.29, 0.717) is 0 Å². The molecule has 1 aliphatic rings. The van der Waals surface area contributed by atoms with E-state index in [-0.39, 0.29) is 0 Å². The fourth-order valence-corrected chi connectivity index (χ4v) is 7.98. The summed E-state index contributed by atoms with van der Waals surface area (Å²) < 4.78 is 14.9. The summed E-state index contributed by atoms with van der Waals surface area (Å²) >= 11 is 0. The van der Waals surface area contributed by atoms with Gasteiger partial charge in [-0.15, -0.1) is 0 Å². The van der Waals surface area contributed by atoms with Gasteiger partial charge in [-0.2, -0.15) is 0 Å². The maximum absolute atomic E-state index is 6.16. The van der Waals surface area contributed by atoms with E-state index < -0.39 is 8.72 Å². The van der Waals surface area contributed by atoms with Gasteiger partial charge in [0.1, 0.15) is 0 Å². The SMILES string of the molecule is CCCCCCCCCCCCCCCCN1CCC[Si]1(OCC)OCC. The first-order valence-electron chi connectivity index (χ1n) is 12.3. The number of nitrogens with zero attached hydrogens (tertiary/aromatic N) is 1. The van der Waals surface area contributed by atoms with Crippen molar-refractivity contribution >= 4 is 8.72 Å². The van der Waals surface area contributed by atoms with E-state index in [9.17, 15) is 0 Å². The molecule has 0 atom stereocenters. The van der Waals surface area contributed by atoms with Gasteiger partial charge in [-0.3, -0.25) is 4.57 Å². The average Bonchev–Trinajstić information content (AvgIpc) is 3.05. The molecule has 0 radical (unpaired) electrons. The van der Waals surface area contributed by atoms with Crippen LogP contribution in [0.4, 0.5) is 0 Å². The molecule has 1 saturated heterocycles. The third-order valence-electron chi connectivity index (χ3n) is 5.92. The Balaban J connectivity index is 1.93. The lowest BCUT2D eigenvalue weighted by molar-refractivity contribution is 0.135. The van der Waals surface area contributed by atoms with E-state index in [1.54, 1.807) is 0 Å². The molecule has 0 unspecified atom stereocenters. The molecule has 0 saturated carbocycles. The minimum absolute atomic E-state index is 0.793. The lowest BCUT2D eigenvalue weighted by atomic mass is 10.0. The maximum atomic E-state index is 6.16. The molecular formula is C23H49NO2Si. The van der Waals surface area contributed by atoms with Gasteiger partial charge in [-0.1, -0.05) is 90.4 Å². The second-order valence-corrected chi connectivity index (χ2v) is 11.4. The van der Waals surface area contributed by atoms with Gasteiger partial charge in [0.05, 0.1) is 0 Å². The van der Waals surface area contributed by atoms with Crippen LogP contribution >= 0.6 is 0 Å². The molecule has 1 fully saturated rings. The first kappa shape index (κ1) is 25.1. The highest BCUT2D eigenvalue weighted by Gasteiger charge is 2.48. The van der Waals surface area contributed by atoms with Gasteiger partial charge in [-0.05, 0) is 39.8 Å². The third kappa shape index (κ3) is 11.0. The standard InChI is InChI=1S/C23H49NO2Si/c1-4-7-8-9-10-11-12-13-14-15-16-17-18-19-21-24-22-20-23-27(24,25-5-2)26-6-3/h4-23H2,1-3H3. The summed E-state index contributed by atoms with van der Waals surface area (Å²) in [4.78, 5) is 0. The summed E-state index contributed by atoms with van der Waals surface area (Å²) in [6.45, 7) is 10.5. The molecule has 0 aliphatic carbocycles. The Morgan fingerprint density at radius 3 is 1.52 bits per heavy atom. The minimum Gasteiger partial charge on any atom is -0.383 e. The van der Waals surface area contributed by atoms with Gasteiger partial charge in [0, 0.05) is 19.3 Å². The predicted octanol–water partition coefficient (Wildman–Crippen LogP) is 7.19. The van der Waals surface area contributed by atoms with Crippen molar-refractivity contribution in [1.82, 2.24) is 4.57 Å². The second kappa shape index (κ2) is 17.0. The first-order chi connectivity index (χ1) is 13.3. The topological polar surface area (TPSA) is 21.7 Å². The van der Waals surface area contributed by atoms with Gasteiger partial charge >= 0.3 is 8.72 Å². The van der Waals surface area contributed by atoms with Crippen LogP contribution in [0.15, 0.2) is 0 Å². The number of hydrogen-bond donors (Lipinski definition) is 0. The van der Waals surface area contributed by atoms with Crippen molar-refractivity contribution in [2.45, 2.75) is 123 Å². The van der Waals surface area contributed by atoms with Crippen LogP contribution in [0.1, 0.15) is 117 Å². The summed E-state index contributed by atoms with van der Waals surface area (Å²) in [5.41, 5.74) is 0. The predicted molar refractivity (Wildman–Crippen MR) is 120 cm³/mol. The van der Waals surface area contributed by atoms with Gasteiger partial charge in [-0.25, -0.2) is 0 Å². The number of rotatable bonds is 19. The lowest BCUT2D eigenvalue weighted by Gasteiger charge is -2.34. The monoisotopic (exact) mass is 399 g/mol. The summed E-state index contributed by atoms with van der Waals surface area (Å²) in [5, 5.41) is 0. The van der Waals surface area contributed by atoms with Crippen LogP contribution in [-0.2, 0) is 8.85 Å². The normalized spacial score (nSPS) is 17.0. The molecular weight excluding hydrogens is 350 g/mol. The van der Waals surface area contributed by atoms with E-state index in [2.05, 4.69) is 25.3 Å². The van der Waals surface area contributed by atoms with Crippen molar-refractivity contribution in [3.05, 3.63) is 0 Å². The smallest absolute Gasteiger partial charge is 0.383 e. The van der Waals surface area contributed by atoms with E-state index in [0.717, 1.165) is 19.3 Å². The Bertz CT molecular complexity index is 322. The molecule has 0 aromatic rings. The molecule has 27 heavy (non-hydrogen) atoms. The van der Waals surface area contributed by atoms with Crippen LogP contribution in [0.3, 0.4) is 0 Å². The second-order valence-electron chi connectivity index (χ2n) is 8.27. The zero-order valence-corrected chi connectivity index (χ0v) is 19.9. The molecule has 0 bridgehead atoms. The van der Waals surface area contributed by atoms with E-state index in [1.807, 2.05) is 0 Å².